The zero-order chi connectivity index (χ0) is 18.1. The first kappa shape index (κ1) is 17.8. The van der Waals surface area contributed by atoms with Crippen LogP contribution in [0.3, 0.4) is 0 Å². The van der Waals surface area contributed by atoms with Crippen molar-refractivity contribution in [2.24, 2.45) is 0 Å². The summed E-state index contributed by atoms with van der Waals surface area (Å²) in [6.45, 7) is -1.07. The minimum absolute atomic E-state index is 0.0892. The van der Waals surface area contributed by atoms with Gasteiger partial charge in [0, 0.05) is 17.4 Å². The van der Waals surface area contributed by atoms with Crippen molar-refractivity contribution >= 4 is 45.6 Å². The number of halogens is 4. The first-order valence-corrected chi connectivity index (χ1v) is 8.49. The summed E-state index contributed by atoms with van der Waals surface area (Å²) in [5.41, 5.74) is 0.670. The monoisotopic (exact) mass is 402 g/mol. The van der Waals surface area contributed by atoms with Crippen molar-refractivity contribution in [1.82, 2.24) is 14.5 Å². The number of thiazole rings is 1. The number of imidazole rings is 1. The third kappa shape index (κ3) is 3.65. The van der Waals surface area contributed by atoms with Crippen LogP contribution in [0.4, 0.5) is 13.9 Å². The van der Waals surface area contributed by atoms with Gasteiger partial charge in [-0.05, 0) is 25.1 Å². The average molecular weight is 403 g/mol. The minimum atomic E-state index is -2.72. The van der Waals surface area contributed by atoms with Crippen LogP contribution >= 0.6 is 34.5 Å². The molecule has 0 fully saturated rings. The molecule has 1 amide bonds. The Morgan fingerprint density at radius 3 is 2.84 bits per heavy atom. The minimum Gasteiger partial charge on any atom is -0.298 e. The highest BCUT2D eigenvalue weighted by Crippen LogP contribution is 2.34. The average Bonchev–Trinajstić information content (AvgIpc) is 3.16. The number of alkyl halides is 2. The van der Waals surface area contributed by atoms with Gasteiger partial charge in [0.1, 0.15) is 0 Å². The lowest BCUT2D eigenvalue weighted by Gasteiger charge is -2.05. The molecular weight excluding hydrogens is 393 g/mol. The fourth-order valence-corrected chi connectivity index (χ4v) is 3.48. The molecule has 0 aliphatic heterocycles. The maximum atomic E-state index is 13.0. The van der Waals surface area contributed by atoms with E-state index < -0.39 is 12.5 Å². The molecule has 0 unspecified atom stereocenters. The van der Waals surface area contributed by atoms with E-state index in [0.717, 1.165) is 15.9 Å². The normalized spacial score (nSPS) is 11.1. The number of anilines is 1. The number of hydrogen-bond acceptors (Lipinski definition) is 4. The first-order valence-electron chi connectivity index (χ1n) is 6.92. The molecule has 0 aliphatic carbocycles. The van der Waals surface area contributed by atoms with Crippen molar-refractivity contribution in [1.29, 1.82) is 0 Å². The van der Waals surface area contributed by atoms with Crippen LogP contribution in [0.5, 0.6) is 0 Å². The van der Waals surface area contributed by atoms with Crippen LogP contribution in [0.15, 0.2) is 30.6 Å². The topological polar surface area (TPSA) is 59.8 Å². The van der Waals surface area contributed by atoms with Crippen LogP contribution in [-0.2, 0) is 0 Å². The van der Waals surface area contributed by atoms with Crippen molar-refractivity contribution in [2.45, 2.75) is 13.5 Å². The van der Waals surface area contributed by atoms with Gasteiger partial charge < -0.3 is 0 Å². The first-order chi connectivity index (χ1) is 11.9. The molecule has 3 aromatic rings. The quantitative estimate of drug-likeness (QED) is 0.646. The van der Waals surface area contributed by atoms with Crippen molar-refractivity contribution < 1.29 is 13.6 Å². The summed E-state index contributed by atoms with van der Waals surface area (Å²) in [5.74, 6) is -0.406. The zero-order valence-corrected chi connectivity index (χ0v) is 15.0. The number of nitrogens with zero attached hydrogens (tertiary/aromatic N) is 3. The van der Waals surface area contributed by atoms with Gasteiger partial charge in [0.15, 0.2) is 11.0 Å². The van der Waals surface area contributed by atoms with Gasteiger partial charge in [-0.15, -0.1) is 0 Å². The van der Waals surface area contributed by atoms with Crippen LogP contribution in [0.25, 0.3) is 10.7 Å². The summed E-state index contributed by atoms with van der Waals surface area (Å²) in [6, 6.07) is 4.51. The molecule has 0 aliphatic rings. The lowest BCUT2D eigenvalue weighted by molar-refractivity contribution is 0.0720. The molecule has 2 aromatic heterocycles. The van der Waals surface area contributed by atoms with Crippen molar-refractivity contribution in [3.05, 3.63) is 51.9 Å². The Balaban J connectivity index is 1.89. The standard InChI is InChI=1S/C15H10Cl2F2N4OS/c1-7-11(12-20-4-5-23(12)14(18)19)25-15(21-7)22-13(24)9-6-8(16)2-3-10(9)17/h2-6,14H,1H3,(H,21,22,24). The predicted molar refractivity (Wildman–Crippen MR) is 93.7 cm³/mol. The highest BCUT2D eigenvalue weighted by atomic mass is 35.5. The van der Waals surface area contributed by atoms with Gasteiger partial charge in [0.2, 0.25) is 0 Å². The van der Waals surface area contributed by atoms with Gasteiger partial charge in [-0.25, -0.2) is 9.97 Å². The summed E-state index contributed by atoms with van der Waals surface area (Å²) >= 11 is 12.9. The van der Waals surface area contributed by atoms with Gasteiger partial charge >= 0.3 is 6.55 Å². The van der Waals surface area contributed by atoms with Gasteiger partial charge in [-0.3, -0.25) is 14.7 Å². The lowest BCUT2D eigenvalue weighted by Crippen LogP contribution is -2.12. The Labute approximate surface area is 155 Å². The van der Waals surface area contributed by atoms with Gasteiger partial charge in [0.05, 0.1) is 21.2 Å². The Hall–Kier alpha value is -2.03. The van der Waals surface area contributed by atoms with E-state index in [4.69, 9.17) is 23.2 Å². The highest BCUT2D eigenvalue weighted by molar-refractivity contribution is 7.19. The SMILES string of the molecule is Cc1nc(NC(=O)c2cc(Cl)ccc2Cl)sc1-c1nccn1C(F)F. The molecule has 1 N–H and O–H groups in total. The third-order valence-corrected chi connectivity index (χ3v) is 4.91. The van der Waals surface area contributed by atoms with Gasteiger partial charge in [0.25, 0.3) is 5.91 Å². The van der Waals surface area contributed by atoms with Crippen LogP contribution in [0.2, 0.25) is 10.0 Å². The summed E-state index contributed by atoms with van der Waals surface area (Å²) < 4.78 is 26.8. The van der Waals surface area contributed by atoms with E-state index in [2.05, 4.69) is 15.3 Å². The fraction of sp³-hybridized carbons (Fsp3) is 0.133. The van der Waals surface area contributed by atoms with Crippen LogP contribution < -0.4 is 5.32 Å². The van der Waals surface area contributed by atoms with Gasteiger partial charge in [-0.2, -0.15) is 8.78 Å². The van der Waals surface area contributed by atoms with Crippen LogP contribution in [0.1, 0.15) is 22.6 Å². The summed E-state index contributed by atoms with van der Waals surface area (Å²) in [5, 5.41) is 3.45. The molecule has 3 rings (SSSR count). The molecule has 25 heavy (non-hydrogen) atoms. The van der Waals surface area contributed by atoms with Crippen molar-refractivity contribution in [3.63, 3.8) is 0 Å². The molecule has 0 radical (unpaired) electrons. The van der Waals surface area contributed by atoms with Crippen molar-refractivity contribution in [2.75, 3.05) is 5.32 Å². The molecule has 5 nitrogen and oxygen atoms in total. The number of carbonyl (C=O) groups is 1. The Kier molecular flexibility index (Phi) is 5.03. The van der Waals surface area contributed by atoms with Crippen LogP contribution in [-0.4, -0.2) is 20.4 Å². The second kappa shape index (κ2) is 7.07. The van der Waals surface area contributed by atoms with E-state index in [-0.39, 0.29) is 21.5 Å². The molecule has 1 aromatic carbocycles. The molecule has 0 bridgehead atoms. The molecule has 2 heterocycles. The molecule has 0 spiro atoms. The molecule has 0 saturated carbocycles. The number of amides is 1. The number of hydrogen-bond donors (Lipinski definition) is 1. The molecule has 10 heteroatoms. The predicted octanol–water partition coefficient (Wildman–Crippen LogP) is 5.27. The Morgan fingerprint density at radius 2 is 2.12 bits per heavy atom. The van der Waals surface area contributed by atoms with E-state index in [9.17, 15) is 13.6 Å². The van der Waals surface area contributed by atoms with E-state index in [1.807, 2.05) is 0 Å². The number of aryl methyl sites for hydroxylation is 1. The molecule has 0 atom stereocenters. The second-order valence-corrected chi connectivity index (χ2v) is 6.79. The number of nitrogens with one attached hydrogen (secondary N) is 1. The second-order valence-electron chi connectivity index (χ2n) is 4.95. The number of aromatic nitrogens is 3. The summed E-state index contributed by atoms with van der Waals surface area (Å²) in [6.07, 6.45) is 2.47. The van der Waals surface area contributed by atoms with Gasteiger partial charge in [-0.1, -0.05) is 34.5 Å². The smallest absolute Gasteiger partial charge is 0.298 e. The number of rotatable bonds is 4. The molecular formula is C15H10Cl2F2N4OS. The number of benzene rings is 1. The Morgan fingerprint density at radius 1 is 1.36 bits per heavy atom. The molecule has 130 valence electrons. The zero-order valence-electron chi connectivity index (χ0n) is 12.6. The van der Waals surface area contributed by atoms with E-state index in [1.54, 1.807) is 13.0 Å². The summed E-state index contributed by atoms with van der Waals surface area (Å²) in [7, 11) is 0. The maximum absolute atomic E-state index is 13.0. The highest BCUT2D eigenvalue weighted by Gasteiger charge is 2.20. The lowest BCUT2D eigenvalue weighted by atomic mass is 10.2. The van der Waals surface area contributed by atoms with E-state index in [0.29, 0.717) is 15.6 Å². The maximum Gasteiger partial charge on any atom is 0.320 e. The van der Waals surface area contributed by atoms with Crippen molar-refractivity contribution in [3.8, 4) is 10.7 Å². The van der Waals surface area contributed by atoms with E-state index >= 15 is 0 Å². The third-order valence-electron chi connectivity index (χ3n) is 3.27. The fourth-order valence-electron chi connectivity index (χ4n) is 2.14. The molecule has 0 saturated heterocycles. The Bertz CT molecular complexity index is 942. The van der Waals surface area contributed by atoms with E-state index in [1.165, 1.54) is 24.5 Å². The largest absolute Gasteiger partial charge is 0.320 e. The number of carbonyl (C=O) groups excluding carboxylic acids is 1. The van der Waals surface area contributed by atoms with Crippen LogP contribution in [0, 0.1) is 6.92 Å². The summed E-state index contributed by atoms with van der Waals surface area (Å²) in [4.78, 5) is 20.9.